The highest BCUT2D eigenvalue weighted by atomic mass is 32.1. The maximum absolute atomic E-state index is 11.9. The van der Waals surface area contributed by atoms with Crippen molar-refractivity contribution in [3.63, 3.8) is 0 Å². The lowest BCUT2D eigenvalue weighted by Crippen LogP contribution is -2.45. The molecule has 0 unspecified atom stereocenters. The molecule has 3 N–H and O–H groups in total. The molecule has 2 aromatic carbocycles. The van der Waals surface area contributed by atoms with Gasteiger partial charge in [-0.25, -0.2) is 0 Å². The zero-order valence-corrected chi connectivity index (χ0v) is 17.3. The number of thiocarbonyl (C=S) groups is 1. The molecule has 5 nitrogen and oxygen atoms in total. The third-order valence-corrected chi connectivity index (χ3v) is 4.46. The lowest BCUT2D eigenvalue weighted by atomic mass is 9.87. The van der Waals surface area contributed by atoms with E-state index in [9.17, 15) is 4.79 Å². The Morgan fingerprint density at radius 1 is 1.04 bits per heavy atom. The average molecular weight is 386 g/mol. The number of anilines is 1. The topological polar surface area (TPSA) is 62.4 Å². The molecule has 0 aliphatic rings. The summed E-state index contributed by atoms with van der Waals surface area (Å²) in [5.41, 5.74) is 9.67. The van der Waals surface area contributed by atoms with Gasteiger partial charge in [-0.05, 0) is 66.4 Å². The van der Waals surface area contributed by atoms with E-state index < -0.39 is 0 Å². The van der Waals surface area contributed by atoms with Gasteiger partial charge < -0.3 is 10.1 Å². The van der Waals surface area contributed by atoms with Gasteiger partial charge in [0.2, 0.25) is 0 Å². The van der Waals surface area contributed by atoms with E-state index in [1.54, 1.807) is 0 Å². The lowest BCUT2D eigenvalue weighted by molar-refractivity contribution is -0.123. The first-order valence-electron chi connectivity index (χ1n) is 8.82. The molecule has 6 heteroatoms. The van der Waals surface area contributed by atoms with Crippen LogP contribution in [0.5, 0.6) is 5.75 Å². The summed E-state index contributed by atoms with van der Waals surface area (Å²) in [5.74, 6) is 0.328. The van der Waals surface area contributed by atoms with E-state index in [4.69, 9.17) is 17.0 Å². The summed E-state index contributed by atoms with van der Waals surface area (Å²) in [6, 6.07) is 13.7. The van der Waals surface area contributed by atoms with Crippen molar-refractivity contribution < 1.29 is 9.53 Å². The smallest absolute Gasteiger partial charge is 0.276 e. The largest absolute Gasteiger partial charge is 0.484 e. The van der Waals surface area contributed by atoms with Gasteiger partial charge in [-0.2, -0.15) is 0 Å². The van der Waals surface area contributed by atoms with Gasteiger partial charge in [0.15, 0.2) is 11.7 Å². The van der Waals surface area contributed by atoms with Crippen LogP contribution in [0.25, 0.3) is 0 Å². The Morgan fingerprint density at radius 3 is 2.33 bits per heavy atom. The van der Waals surface area contributed by atoms with Crippen LogP contribution in [0.15, 0.2) is 42.5 Å². The van der Waals surface area contributed by atoms with Gasteiger partial charge in [0, 0.05) is 5.69 Å². The summed E-state index contributed by atoms with van der Waals surface area (Å²) in [7, 11) is 0. The number of amides is 1. The molecule has 27 heavy (non-hydrogen) atoms. The van der Waals surface area contributed by atoms with Crippen molar-refractivity contribution in [1.29, 1.82) is 0 Å². The number of nitrogens with one attached hydrogen (secondary N) is 3. The number of carbonyl (C=O) groups excluding carboxylic acids is 1. The number of carbonyl (C=O) groups is 1. The van der Waals surface area contributed by atoms with Crippen molar-refractivity contribution in [2.45, 2.75) is 40.0 Å². The molecule has 0 saturated carbocycles. The summed E-state index contributed by atoms with van der Waals surface area (Å²) in [6.45, 7) is 10.4. The first-order chi connectivity index (χ1) is 12.7. The molecular weight excluding hydrogens is 358 g/mol. The summed E-state index contributed by atoms with van der Waals surface area (Å²) in [4.78, 5) is 11.9. The quantitative estimate of drug-likeness (QED) is 0.549. The van der Waals surface area contributed by atoms with Crippen molar-refractivity contribution in [2.75, 3.05) is 11.9 Å². The molecule has 0 heterocycles. The molecule has 144 valence electrons. The fraction of sp³-hybridized carbons (Fsp3) is 0.333. The van der Waals surface area contributed by atoms with Crippen LogP contribution in [0.2, 0.25) is 0 Å². The first-order valence-corrected chi connectivity index (χ1v) is 9.23. The molecule has 0 fully saturated rings. The van der Waals surface area contributed by atoms with Crippen LogP contribution in [0.3, 0.4) is 0 Å². The Kier molecular flexibility index (Phi) is 6.80. The van der Waals surface area contributed by atoms with Gasteiger partial charge in [0.1, 0.15) is 5.75 Å². The average Bonchev–Trinajstić information content (AvgIpc) is 2.61. The Morgan fingerprint density at radius 2 is 1.70 bits per heavy atom. The number of benzene rings is 2. The van der Waals surface area contributed by atoms with E-state index in [1.165, 1.54) is 5.56 Å². The van der Waals surface area contributed by atoms with Crippen LogP contribution in [0.1, 0.15) is 37.5 Å². The Hall–Kier alpha value is -2.60. The molecule has 0 aliphatic heterocycles. The third-order valence-electron chi connectivity index (χ3n) is 4.26. The van der Waals surface area contributed by atoms with E-state index in [-0.39, 0.29) is 17.9 Å². The summed E-state index contributed by atoms with van der Waals surface area (Å²) in [6.07, 6.45) is 0. The summed E-state index contributed by atoms with van der Waals surface area (Å²) >= 11 is 5.21. The predicted molar refractivity (Wildman–Crippen MR) is 114 cm³/mol. The first kappa shape index (κ1) is 20.7. The van der Waals surface area contributed by atoms with E-state index in [2.05, 4.69) is 36.9 Å². The van der Waals surface area contributed by atoms with Crippen LogP contribution >= 0.6 is 12.2 Å². The SMILES string of the molecule is Cc1cccc(NC(=S)NNC(=O)COc2ccc(C(C)(C)C)cc2)c1C. The van der Waals surface area contributed by atoms with E-state index in [0.717, 1.165) is 16.8 Å². The lowest BCUT2D eigenvalue weighted by Gasteiger charge is -2.19. The minimum absolute atomic E-state index is 0.0815. The Balaban J connectivity index is 1.77. The maximum atomic E-state index is 11.9. The maximum Gasteiger partial charge on any atom is 0.276 e. The molecule has 1 amide bonds. The fourth-order valence-electron chi connectivity index (χ4n) is 2.40. The molecule has 0 bridgehead atoms. The van der Waals surface area contributed by atoms with Crippen molar-refractivity contribution in [3.05, 3.63) is 59.2 Å². The number of hydrazine groups is 1. The second-order valence-electron chi connectivity index (χ2n) is 7.44. The van der Waals surface area contributed by atoms with Gasteiger partial charge in [-0.3, -0.25) is 15.6 Å². The molecular formula is C21H27N3O2S. The molecule has 2 aromatic rings. The van der Waals surface area contributed by atoms with Crippen LogP contribution in [-0.4, -0.2) is 17.6 Å². The highest BCUT2D eigenvalue weighted by Gasteiger charge is 2.13. The molecule has 0 saturated heterocycles. The van der Waals surface area contributed by atoms with Crippen LogP contribution < -0.4 is 20.9 Å². The van der Waals surface area contributed by atoms with Gasteiger partial charge in [0.25, 0.3) is 5.91 Å². The monoisotopic (exact) mass is 385 g/mol. The van der Waals surface area contributed by atoms with Crippen LogP contribution in [0, 0.1) is 13.8 Å². The van der Waals surface area contributed by atoms with E-state index in [1.807, 2.05) is 56.3 Å². The minimum Gasteiger partial charge on any atom is -0.484 e. The number of rotatable bonds is 4. The van der Waals surface area contributed by atoms with Crippen LogP contribution in [0.4, 0.5) is 5.69 Å². The van der Waals surface area contributed by atoms with Crippen molar-refractivity contribution in [3.8, 4) is 5.75 Å². The predicted octanol–water partition coefficient (Wildman–Crippen LogP) is 4.00. The van der Waals surface area contributed by atoms with Crippen molar-refractivity contribution in [2.24, 2.45) is 0 Å². The van der Waals surface area contributed by atoms with Gasteiger partial charge in [-0.1, -0.05) is 45.0 Å². The standard InChI is InChI=1S/C21H27N3O2S/c1-14-7-6-8-18(15(14)2)22-20(27)24-23-19(25)13-26-17-11-9-16(10-12-17)21(3,4)5/h6-12H,13H2,1-5H3,(H,23,25)(H2,22,24,27). The van der Waals surface area contributed by atoms with Crippen molar-refractivity contribution in [1.82, 2.24) is 10.9 Å². The molecule has 0 atom stereocenters. The van der Waals surface area contributed by atoms with Gasteiger partial charge in [0.05, 0.1) is 0 Å². The summed E-state index contributed by atoms with van der Waals surface area (Å²) in [5, 5.41) is 3.38. The zero-order chi connectivity index (χ0) is 20.0. The Labute approximate surface area is 166 Å². The highest BCUT2D eigenvalue weighted by molar-refractivity contribution is 7.80. The molecule has 0 radical (unpaired) electrons. The van der Waals surface area contributed by atoms with E-state index >= 15 is 0 Å². The molecule has 0 spiro atoms. The second kappa shape index (κ2) is 8.86. The van der Waals surface area contributed by atoms with Crippen molar-refractivity contribution >= 4 is 28.9 Å². The second-order valence-corrected chi connectivity index (χ2v) is 7.85. The normalized spacial score (nSPS) is 10.9. The fourth-order valence-corrected chi connectivity index (χ4v) is 2.56. The van der Waals surface area contributed by atoms with Gasteiger partial charge >= 0.3 is 0 Å². The number of hydrogen-bond acceptors (Lipinski definition) is 3. The summed E-state index contributed by atoms with van der Waals surface area (Å²) < 4.78 is 5.51. The number of hydrogen-bond donors (Lipinski definition) is 3. The number of aryl methyl sites for hydroxylation is 1. The number of ether oxygens (including phenoxy) is 1. The molecule has 0 aromatic heterocycles. The molecule has 0 aliphatic carbocycles. The molecule has 2 rings (SSSR count). The third kappa shape index (κ3) is 6.25. The van der Waals surface area contributed by atoms with Crippen LogP contribution in [-0.2, 0) is 10.2 Å². The Bertz CT molecular complexity index is 811. The van der Waals surface area contributed by atoms with E-state index in [0.29, 0.717) is 10.9 Å². The minimum atomic E-state index is -0.319. The van der Waals surface area contributed by atoms with Gasteiger partial charge in [-0.15, -0.1) is 0 Å². The highest BCUT2D eigenvalue weighted by Crippen LogP contribution is 2.24. The zero-order valence-electron chi connectivity index (χ0n) is 16.5.